The molecule has 0 bridgehead atoms. The van der Waals surface area contributed by atoms with Gasteiger partial charge in [-0.05, 0) is 5.92 Å². The van der Waals surface area contributed by atoms with Gasteiger partial charge in [0.2, 0.25) is 6.29 Å². The highest BCUT2D eigenvalue weighted by Crippen LogP contribution is 2.02. The van der Waals surface area contributed by atoms with Crippen molar-refractivity contribution in [2.45, 2.75) is 26.4 Å². The van der Waals surface area contributed by atoms with Crippen molar-refractivity contribution in [3.05, 3.63) is 0 Å². The molecule has 0 saturated carbocycles. The fourth-order valence-corrected chi connectivity index (χ4v) is 0.321. The predicted octanol–water partition coefficient (Wildman–Crippen LogP) is 0.503. The van der Waals surface area contributed by atoms with E-state index < -0.39 is 6.10 Å². The second-order valence-corrected chi connectivity index (χ2v) is 2.16. The molecule has 0 aliphatic rings. The topological polar surface area (TPSA) is 37.3 Å². The second kappa shape index (κ2) is 3.61. The Kier molecular flexibility index (Phi) is 3.44. The minimum absolute atomic E-state index is 0.137. The molecule has 0 aromatic carbocycles. The molecule has 0 fully saturated rings. The highest BCUT2D eigenvalue weighted by Gasteiger charge is 2.06. The molecule has 2 heteroatoms. The first-order chi connectivity index (χ1) is 3.68. The van der Waals surface area contributed by atoms with Crippen LogP contribution in [0.1, 0.15) is 20.3 Å². The largest absolute Gasteiger partial charge is 0.392 e. The Morgan fingerprint density at radius 3 is 2.25 bits per heavy atom. The van der Waals surface area contributed by atoms with Crippen LogP contribution < -0.4 is 0 Å². The van der Waals surface area contributed by atoms with E-state index in [0.717, 1.165) is 0 Å². The van der Waals surface area contributed by atoms with E-state index in [1.54, 1.807) is 6.29 Å². The molecule has 2 nitrogen and oxygen atoms in total. The molecule has 0 saturated heterocycles. The Balaban J connectivity index is 3.30. The summed E-state index contributed by atoms with van der Waals surface area (Å²) in [4.78, 5) is 9.63. The average molecular weight is 115 g/mol. The molecule has 0 aliphatic heterocycles. The molecule has 0 amide bonds. The van der Waals surface area contributed by atoms with Crippen LogP contribution in [0.3, 0.4) is 0 Å². The quantitative estimate of drug-likeness (QED) is 0.581. The van der Waals surface area contributed by atoms with Crippen molar-refractivity contribution >= 4 is 6.29 Å². The van der Waals surface area contributed by atoms with Gasteiger partial charge >= 0.3 is 0 Å². The smallest absolute Gasteiger partial charge is 0.201 e. The Morgan fingerprint density at radius 1 is 1.62 bits per heavy atom. The first kappa shape index (κ1) is 7.63. The van der Waals surface area contributed by atoms with Crippen LogP contribution in [0.15, 0.2) is 0 Å². The van der Waals surface area contributed by atoms with Crippen LogP contribution in [0.4, 0.5) is 0 Å². The number of rotatable bonds is 3. The first-order valence-electron chi connectivity index (χ1n) is 2.71. The maximum Gasteiger partial charge on any atom is 0.201 e. The molecule has 8 heavy (non-hydrogen) atoms. The van der Waals surface area contributed by atoms with Crippen LogP contribution in [-0.4, -0.2) is 17.5 Å². The molecular formula is C6H11O2. The lowest BCUT2D eigenvalue weighted by molar-refractivity contribution is 0.132. The number of aliphatic hydroxyl groups is 1. The Morgan fingerprint density at radius 2 is 2.12 bits per heavy atom. The normalized spacial score (nSPS) is 14.0. The SMILES string of the molecule is CC(C)C(O)C[C]=O. The van der Waals surface area contributed by atoms with Crippen molar-refractivity contribution in [3.63, 3.8) is 0 Å². The van der Waals surface area contributed by atoms with E-state index in [2.05, 4.69) is 0 Å². The maximum atomic E-state index is 9.63. The number of aliphatic hydroxyl groups excluding tert-OH is 1. The standard InChI is InChI=1S/C6H11O2/c1-5(2)6(8)3-4-7/h5-6,8H,3H2,1-2H3. The molecule has 1 unspecified atom stereocenters. The van der Waals surface area contributed by atoms with Gasteiger partial charge in [-0.2, -0.15) is 0 Å². The highest BCUT2D eigenvalue weighted by molar-refractivity contribution is 5.51. The second-order valence-electron chi connectivity index (χ2n) is 2.16. The molecular weight excluding hydrogens is 104 g/mol. The van der Waals surface area contributed by atoms with Gasteiger partial charge in [-0.25, -0.2) is 0 Å². The van der Waals surface area contributed by atoms with Crippen LogP contribution in [0, 0.1) is 5.92 Å². The summed E-state index contributed by atoms with van der Waals surface area (Å²) in [5.74, 6) is 0.163. The van der Waals surface area contributed by atoms with Gasteiger partial charge in [-0.3, -0.25) is 4.79 Å². The molecule has 1 radical (unpaired) electrons. The van der Waals surface area contributed by atoms with Crippen molar-refractivity contribution in [3.8, 4) is 0 Å². The van der Waals surface area contributed by atoms with E-state index in [1.807, 2.05) is 13.8 Å². The fraction of sp³-hybridized carbons (Fsp3) is 0.833. The zero-order chi connectivity index (χ0) is 6.57. The molecule has 1 N–H and O–H groups in total. The minimum atomic E-state index is -0.507. The fourth-order valence-electron chi connectivity index (χ4n) is 0.321. The summed E-state index contributed by atoms with van der Waals surface area (Å²) in [7, 11) is 0. The molecule has 0 aliphatic carbocycles. The van der Waals surface area contributed by atoms with E-state index >= 15 is 0 Å². The van der Waals surface area contributed by atoms with Gasteiger partial charge in [0.1, 0.15) is 0 Å². The van der Waals surface area contributed by atoms with E-state index in [9.17, 15) is 4.79 Å². The zero-order valence-corrected chi connectivity index (χ0v) is 5.22. The third kappa shape index (κ3) is 2.75. The van der Waals surface area contributed by atoms with E-state index in [4.69, 9.17) is 5.11 Å². The van der Waals surface area contributed by atoms with Crippen molar-refractivity contribution in [1.29, 1.82) is 0 Å². The molecule has 0 aromatic rings. The van der Waals surface area contributed by atoms with Gasteiger partial charge in [0.25, 0.3) is 0 Å². The Bertz CT molecular complexity index is 68.9. The molecule has 0 aromatic heterocycles. The lowest BCUT2D eigenvalue weighted by Crippen LogP contribution is -2.14. The van der Waals surface area contributed by atoms with Crippen LogP contribution in [0.5, 0.6) is 0 Å². The summed E-state index contributed by atoms with van der Waals surface area (Å²) in [6.45, 7) is 3.73. The Hall–Kier alpha value is -0.370. The van der Waals surface area contributed by atoms with Crippen LogP contribution in [-0.2, 0) is 4.79 Å². The lowest BCUT2D eigenvalue weighted by atomic mass is 10.1. The van der Waals surface area contributed by atoms with E-state index in [0.29, 0.717) is 0 Å². The van der Waals surface area contributed by atoms with Gasteiger partial charge in [0, 0.05) is 6.42 Å². The van der Waals surface area contributed by atoms with Gasteiger partial charge < -0.3 is 5.11 Å². The summed E-state index contributed by atoms with van der Waals surface area (Å²) in [6.07, 6.45) is 1.28. The number of hydrogen-bond donors (Lipinski definition) is 1. The predicted molar refractivity (Wildman–Crippen MR) is 31.2 cm³/mol. The van der Waals surface area contributed by atoms with Crippen molar-refractivity contribution in [1.82, 2.24) is 0 Å². The summed E-state index contributed by atoms with van der Waals surface area (Å²) in [6, 6.07) is 0. The molecule has 0 rings (SSSR count). The number of carbonyl (C=O) groups excluding carboxylic acids is 1. The summed E-state index contributed by atoms with van der Waals surface area (Å²) in [5.41, 5.74) is 0. The third-order valence-corrected chi connectivity index (χ3v) is 1.06. The zero-order valence-electron chi connectivity index (χ0n) is 5.22. The molecule has 0 heterocycles. The van der Waals surface area contributed by atoms with Gasteiger partial charge in [0.15, 0.2) is 0 Å². The molecule has 47 valence electrons. The van der Waals surface area contributed by atoms with Gasteiger partial charge in [-0.15, -0.1) is 0 Å². The van der Waals surface area contributed by atoms with E-state index in [1.165, 1.54) is 0 Å². The summed E-state index contributed by atoms with van der Waals surface area (Å²) in [5, 5.41) is 8.86. The highest BCUT2D eigenvalue weighted by atomic mass is 16.3. The lowest BCUT2D eigenvalue weighted by Gasteiger charge is -2.08. The maximum absolute atomic E-state index is 9.63. The van der Waals surface area contributed by atoms with Gasteiger partial charge in [-0.1, -0.05) is 13.8 Å². The van der Waals surface area contributed by atoms with Crippen molar-refractivity contribution < 1.29 is 9.90 Å². The van der Waals surface area contributed by atoms with Crippen LogP contribution >= 0.6 is 0 Å². The Labute approximate surface area is 49.5 Å². The first-order valence-corrected chi connectivity index (χ1v) is 2.71. The summed E-state index contributed by atoms with van der Waals surface area (Å²) >= 11 is 0. The van der Waals surface area contributed by atoms with Crippen molar-refractivity contribution in [2.24, 2.45) is 5.92 Å². The number of hydrogen-bond acceptors (Lipinski definition) is 2. The van der Waals surface area contributed by atoms with Crippen molar-refractivity contribution in [2.75, 3.05) is 0 Å². The van der Waals surface area contributed by atoms with Crippen LogP contribution in [0.2, 0.25) is 0 Å². The minimum Gasteiger partial charge on any atom is -0.392 e. The average Bonchev–Trinajstić information content (AvgIpc) is 1.67. The molecule has 1 atom stereocenters. The van der Waals surface area contributed by atoms with Gasteiger partial charge in [0.05, 0.1) is 6.10 Å². The molecule has 0 spiro atoms. The third-order valence-electron chi connectivity index (χ3n) is 1.06. The monoisotopic (exact) mass is 115 g/mol. The van der Waals surface area contributed by atoms with E-state index in [-0.39, 0.29) is 12.3 Å². The summed E-state index contributed by atoms with van der Waals surface area (Å²) < 4.78 is 0. The van der Waals surface area contributed by atoms with Crippen LogP contribution in [0.25, 0.3) is 0 Å².